The number of hydrogen-bond donors (Lipinski definition) is 1. The lowest BCUT2D eigenvalue weighted by molar-refractivity contribution is 0.0993. The number of amides is 1. The van der Waals surface area contributed by atoms with Gasteiger partial charge in [0.05, 0.1) is 6.54 Å². The molecule has 1 fully saturated rings. The number of hydrogen-bond acceptors (Lipinski definition) is 5. The first kappa shape index (κ1) is 14.9. The van der Waals surface area contributed by atoms with Crippen molar-refractivity contribution in [3.05, 3.63) is 41.9 Å². The number of carbonyl (C=O) groups is 1. The van der Waals surface area contributed by atoms with Crippen molar-refractivity contribution in [2.45, 2.75) is 19.4 Å². The van der Waals surface area contributed by atoms with Crippen LogP contribution in [0.3, 0.4) is 0 Å². The summed E-state index contributed by atoms with van der Waals surface area (Å²) in [6, 6.07) is 9.04. The van der Waals surface area contributed by atoms with Gasteiger partial charge in [0.2, 0.25) is 0 Å². The molecule has 1 N–H and O–H groups in total. The number of nitrogens with one attached hydrogen (secondary N) is 1. The van der Waals surface area contributed by atoms with Crippen LogP contribution in [-0.2, 0) is 13.6 Å². The van der Waals surface area contributed by atoms with Crippen LogP contribution < -0.4 is 5.32 Å². The summed E-state index contributed by atoms with van der Waals surface area (Å²) in [5, 5.41) is 11.3. The summed E-state index contributed by atoms with van der Waals surface area (Å²) in [5.74, 6) is 0.890. The highest BCUT2D eigenvalue weighted by Crippen LogP contribution is 2.18. The minimum absolute atomic E-state index is 0.258. The average Bonchev–Trinajstić information content (AvgIpc) is 3.27. The van der Waals surface area contributed by atoms with Gasteiger partial charge in [-0.1, -0.05) is 0 Å². The van der Waals surface area contributed by atoms with Crippen molar-refractivity contribution in [2.75, 3.05) is 18.4 Å². The van der Waals surface area contributed by atoms with Gasteiger partial charge in [0.1, 0.15) is 16.8 Å². The molecule has 2 aromatic heterocycles. The largest absolute Gasteiger partial charge is 0.455 e. The van der Waals surface area contributed by atoms with E-state index in [4.69, 9.17) is 4.42 Å². The van der Waals surface area contributed by atoms with E-state index in [0.29, 0.717) is 11.4 Å². The summed E-state index contributed by atoms with van der Waals surface area (Å²) >= 11 is 0. The van der Waals surface area contributed by atoms with E-state index < -0.39 is 0 Å². The van der Waals surface area contributed by atoms with Crippen molar-refractivity contribution >= 4 is 22.6 Å². The number of nitrogens with zero attached hydrogens (tertiary/aromatic N) is 4. The molecular formula is C17H19N5O2. The smallest absolute Gasteiger partial charge is 0.291 e. The molecule has 4 rings (SSSR count). The summed E-state index contributed by atoms with van der Waals surface area (Å²) in [6.45, 7) is 2.96. The average molecular weight is 325 g/mol. The number of anilines is 1. The van der Waals surface area contributed by atoms with Gasteiger partial charge >= 0.3 is 0 Å². The molecule has 0 radical (unpaired) electrons. The quantitative estimate of drug-likeness (QED) is 0.797. The molecule has 24 heavy (non-hydrogen) atoms. The molecule has 0 atom stereocenters. The topological polar surface area (TPSA) is 76.2 Å². The highest BCUT2D eigenvalue weighted by atomic mass is 16.4. The zero-order chi connectivity index (χ0) is 16.5. The van der Waals surface area contributed by atoms with Gasteiger partial charge in [0.25, 0.3) is 5.91 Å². The summed E-state index contributed by atoms with van der Waals surface area (Å²) in [7, 11) is 1.77. The van der Waals surface area contributed by atoms with Crippen LogP contribution in [0.5, 0.6) is 0 Å². The maximum Gasteiger partial charge on any atom is 0.291 e. The Morgan fingerprint density at radius 2 is 1.96 bits per heavy atom. The highest BCUT2D eigenvalue weighted by Gasteiger charge is 2.16. The standard InChI is InChI=1S/C17H19N5O2/c1-21-19-14-6-4-12(10-15(14)20-21)18-17(23)16-7-5-13(24-16)11-22-8-2-3-9-22/h4-7,10H,2-3,8-9,11H2,1H3,(H,18,23). The van der Waals surface area contributed by atoms with Gasteiger partial charge < -0.3 is 9.73 Å². The second-order valence-corrected chi connectivity index (χ2v) is 6.10. The summed E-state index contributed by atoms with van der Waals surface area (Å²) in [5.41, 5.74) is 2.20. The molecule has 7 heteroatoms. The van der Waals surface area contributed by atoms with E-state index in [0.717, 1.165) is 36.4 Å². The number of carbonyl (C=O) groups excluding carboxylic acids is 1. The number of furan rings is 1. The SMILES string of the molecule is Cn1nc2ccc(NC(=O)c3ccc(CN4CCCC4)o3)cc2n1. The first-order valence-corrected chi connectivity index (χ1v) is 8.11. The number of rotatable bonds is 4. The number of aromatic nitrogens is 3. The third-order valence-electron chi connectivity index (χ3n) is 4.20. The van der Waals surface area contributed by atoms with Gasteiger partial charge in [-0.25, -0.2) is 0 Å². The Morgan fingerprint density at radius 1 is 1.17 bits per heavy atom. The van der Waals surface area contributed by atoms with Crippen molar-refractivity contribution in [3.63, 3.8) is 0 Å². The molecular weight excluding hydrogens is 306 g/mol. The minimum Gasteiger partial charge on any atom is -0.455 e. The molecule has 0 saturated carbocycles. The maximum absolute atomic E-state index is 12.3. The summed E-state index contributed by atoms with van der Waals surface area (Å²) < 4.78 is 5.69. The Kier molecular flexibility index (Phi) is 3.78. The number of benzene rings is 1. The molecule has 1 aromatic carbocycles. The molecule has 0 unspecified atom stereocenters. The van der Waals surface area contributed by atoms with Gasteiger partial charge in [-0.3, -0.25) is 9.69 Å². The number of likely N-dealkylation sites (tertiary alicyclic amines) is 1. The van der Waals surface area contributed by atoms with E-state index in [2.05, 4.69) is 20.4 Å². The third-order valence-corrected chi connectivity index (χ3v) is 4.20. The molecule has 0 aliphatic carbocycles. The molecule has 7 nitrogen and oxygen atoms in total. The van der Waals surface area contributed by atoms with Gasteiger partial charge in [0, 0.05) is 12.7 Å². The maximum atomic E-state index is 12.3. The van der Waals surface area contributed by atoms with Crippen molar-refractivity contribution in [1.29, 1.82) is 0 Å². The lowest BCUT2D eigenvalue weighted by Crippen LogP contribution is -2.18. The van der Waals surface area contributed by atoms with Crippen LogP contribution in [0.25, 0.3) is 11.0 Å². The molecule has 0 bridgehead atoms. The fourth-order valence-corrected chi connectivity index (χ4v) is 3.04. The van der Waals surface area contributed by atoms with E-state index in [9.17, 15) is 4.79 Å². The van der Waals surface area contributed by atoms with Crippen LogP contribution in [0.1, 0.15) is 29.2 Å². The van der Waals surface area contributed by atoms with Gasteiger partial charge in [-0.2, -0.15) is 15.0 Å². The normalized spacial score (nSPS) is 15.2. The van der Waals surface area contributed by atoms with Crippen LogP contribution in [-0.4, -0.2) is 38.9 Å². The summed E-state index contributed by atoms with van der Waals surface area (Å²) in [6.07, 6.45) is 2.47. The van der Waals surface area contributed by atoms with Crippen molar-refractivity contribution in [2.24, 2.45) is 7.05 Å². The second kappa shape index (κ2) is 6.09. The molecule has 124 valence electrons. The van der Waals surface area contributed by atoms with Gasteiger partial charge in [0.15, 0.2) is 5.76 Å². The Bertz CT molecular complexity index is 876. The van der Waals surface area contributed by atoms with Gasteiger partial charge in [-0.05, 0) is 56.3 Å². The lowest BCUT2D eigenvalue weighted by Gasteiger charge is -2.11. The number of fused-ring (bicyclic) bond motifs is 1. The molecule has 1 aliphatic heterocycles. The van der Waals surface area contributed by atoms with E-state index in [1.54, 1.807) is 19.2 Å². The fourth-order valence-electron chi connectivity index (χ4n) is 3.04. The summed E-state index contributed by atoms with van der Waals surface area (Å²) in [4.78, 5) is 16.2. The molecule has 1 amide bonds. The van der Waals surface area contributed by atoms with Crippen LogP contribution >= 0.6 is 0 Å². The lowest BCUT2D eigenvalue weighted by atomic mass is 10.2. The van der Waals surface area contributed by atoms with E-state index in [1.807, 2.05) is 18.2 Å². The van der Waals surface area contributed by atoms with Crippen molar-refractivity contribution in [3.8, 4) is 0 Å². The zero-order valence-electron chi connectivity index (χ0n) is 13.5. The predicted octanol–water partition coefficient (Wildman–Crippen LogP) is 2.41. The molecule has 0 spiro atoms. The molecule has 3 heterocycles. The Morgan fingerprint density at radius 3 is 2.79 bits per heavy atom. The molecule has 1 aliphatic rings. The number of aryl methyl sites for hydroxylation is 1. The van der Waals surface area contributed by atoms with E-state index >= 15 is 0 Å². The van der Waals surface area contributed by atoms with E-state index in [-0.39, 0.29) is 5.91 Å². The second-order valence-electron chi connectivity index (χ2n) is 6.10. The first-order chi connectivity index (χ1) is 11.7. The minimum atomic E-state index is -0.258. The molecule has 3 aromatic rings. The monoisotopic (exact) mass is 325 g/mol. The van der Waals surface area contributed by atoms with Crippen LogP contribution in [0.2, 0.25) is 0 Å². The Hall–Kier alpha value is -2.67. The van der Waals surface area contributed by atoms with Gasteiger partial charge in [-0.15, -0.1) is 0 Å². The third kappa shape index (κ3) is 3.03. The van der Waals surface area contributed by atoms with Crippen molar-refractivity contribution in [1.82, 2.24) is 19.9 Å². The highest BCUT2D eigenvalue weighted by molar-refractivity contribution is 6.03. The molecule has 1 saturated heterocycles. The Balaban J connectivity index is 1.45. The zero-order valence-corrected chi connectivity index (χ0v) is 13.5. The first-order valence-electron chi connectivity index (χ1n) is 8.11. The van der Waals surface area contributed by atoms with E-state index in [1.165, 1.54) is 17.6 Å². The van der Waals surface area contributed by atoms with Crippen molar-refractivity contribution < 1.29 is 9.21 Å². The van der Waals surface area contributed by atoms with Crippen LogP contribution in [0.4, 0.5) is 5.69 Å². The van der Waals surface area contributed by atoms with Crippen LogP contribution in [0.15, 0.2) is 34.7 Å². The Labute approximate surface area is 139 Å². The predicted molar refractivity (Wildman–Crippen MR) is 89.7 cm³/mol. The van der Waals surface area contributed by atoms with Crippen LogP contribution in [0, 0.1) is 0 Å². The fraction of sp³-hybridized carbons (Fsp3) is 0.353.